The van der Waals surface area contributed by atoms with Crippen LogP contribution in [0.3, 0.4) is 0 Å². The molecule has 3 atom stereocenters. The Labute approximate surface area is 291 Å². The molecule has 2 aliphatic rings. The summed E-state index contributed by atoms with van der Waals surface area (Å²) in [5, 5.41) is 0. The molecule has 0 nitrogen and oxygen atoms in total. The molecular formula is C18H11Br13. The SMILES string of the molecule is BrC1C=C2C(Br)(CCc3ccccc3)C(Br)(Br)C(Br)(Br)C(Br)(Br)C2(Br)C(Br)(Br)C1(Br)Br. The van der Waals surface area contributed by atoms with Crippen molar-refractivity contribution in [1.82, 2.24) is 0 Å². The third-order valence-corrected chi connectivity index (χ3v) is 32.3. The van der Waals surface area contributed by atoms with Gasteiger partial charge in [0.05, 0.1) is 9.15 Å². The fourth-order valence-corrected chi connectivity index (χ4v) is 17.7. The Hall–Kier alpha value is 5.20. The maximum atomic E-state index is 4.21. The highest BCUT2D eigenvalue weighted by atomic mass is 79.9. The number of halogens is 13. The van der Waals surface area contributed by atoms with Gasteiger partial charge in [0.2, 0.25) is 0 Å². The number of aryl methyl sites for hydroxylation is 1. The molecule has 0 spiro atoms. The van der Waals surface area contributed by atoms with Crippen molar-refractivity contribution in [3.8, 4) is 0 Å². The van der Waals surface area contributed by atoms with Crippen LogP contribution in [0, 0.1) is 0 Å². The van der Waals surface area contributed by atoms with Crippen molar-refractivity contribution >= 4 is 207 Å². The van der Waals surface area contributed by atoms with Gasteiger partial charge in [0.15, 0.2) is 0 Å². The van der Waals surface area contributed by atoms with E-state index in [4.69, 9.17) is 0 Å². The van der Waals surface area contributed by atoms with E-state index in [1.165, 1.54) is 5.56 Å². The molecule has 1 saturated carbocycles. The zero-order chi connectivity index (χ0) is 23.9. The van der Waals surface area contributed by atoms with Crippen molar-refractivity contribution in [3.05, 3.63) is 47.5 Å². The topological polar surface area (TPSA) is 0 Å². The molecule has 0 saturated heterocycles. The lowest BCUT2D eigenvalue weighted by Gasteiger charge is -2.69. The largest absolute Gasteiger partial charge is 0.134 e. The first-order chi connectivity index (χ1) is 13.8. The minimum atomic E-state index is -0.768. The average molecular weight is 1270 g/mol. The van der Waals surface area contributed by atoms with Crippen molar-refractivity contribution in [1.29, 1.82) is 0 Å². The lowest BCUT2D eigenvalue weighted by molar-refractivity contribution is 0.383. The lowest BCUT2D eigenvalue weighted by atomic mass is 9.69. The number of fused-ring (bicyclic) bond motifs is 1. The first-order valence-electron chi connectivity index (χ1n) is 8.51. The van der Waals surface area contributed by atoms with Gasteiger partial charge < -0.3 is 0 Å². The molecule has 13 heteroatoms. The molecular weight excluding hydrogens is 1250 g/mol. The number of allylic oxidation sites excluding steroid dienone is 2. The van der Waals surface area contributed by atoms with E-state index in [0.717, 1.165) is 18.4 Å². The zero-order valence-corrected chi connectivity index (χ0v) is 35.5. The standard InChI is InChI=1S/C18H11Br13/c19-11-8-10-12(20,7-6-9-4-2-1-3-5-9)15(24,25)18(30,31)17(28,29)13(10,21)16(26,27)14(11,22)23/h1-5,8,11H,6-7H2. The molecule has 0 bridgehead atoms. The number of benzene rings is 1. The van der Waals surface area contributed by atoms with Crippen LogP contribution in [0.1, 0.15) is 12.0 Å². The molecule has 0 amide bonds. The highest BCUT2D eigenvalue weighted by Crippen LogP contribution is 2.83. The normalized spacial score (nSPS) is 36.9. The number of alkyl halides is 13. The Balaban J connectivity index is 2.31. The van der Waals surface area contributed by atoms with Crippen LogP contribution in [0.25, 0.3) is 0 Å². The predicted molar refractivity (Wildman–Crippen MR) is 182 cm³/mol. The fourth-order valence-electron chi connectivity index (χ4n) is 3.79. The van der Waals surface area contributed by atoms with Crippen LogP contribution in [-0.4, -0.2) is 29.6 Å². The Morgan fingerprint density at radius 3 is 1.68 bits per heavy atom. The molecule has 1 aromatic carbocycles. The minimum absolute atomic E-state index is 0.0576. The number of hydrogen-bond acceptors (Lipinski definition) is 0. The van der Waals surface area contributed by atoms with Crippen molar-refractivity contribution in [2.75, 3.05) is 0 Å². The Kier molecular flexibility index (Phi) is 9.90. The summed E-state index contributed by atoms with van der Waals surface area (Å²) in [6.45, 7) is 0. The van der Waals surface area contributed by atoms with Gasteiger partial charge in [-0.1, -0.05) is 243 Å². The third-order valence-electron chi connectivity index (χ3n) is 5.63. The van der Waals surface area contributed by atoms with E-state index in [2.05, 4.69) is 237 Å². The van der Waals surface area contributed by atoms with Crippen LogP contribution >= 0.6 is 207 Å². The van der Waals surface area contributed by atoms with Gasteiger partial charge >= 0.3 is 0 Å². The first-order valence-corrected chi connectivity index (χ1v) is 18.9. The highest BCUT2D eigenvalue weighted by Gasteiger charge is 2.84. The maximum absolute atomic E-state index is 4.21. The van der Waals surface area contributed by atoms with E-state index in [1.54, 1.807) is 0 Å². The summed E-state index contributed by atoms with van der Waals surface area (Å²) in [7, 11) is 0. The monoisotopic (exact) mass is 1250 g/mol. The van der Waals surface area contributed by atoms with Crippen molar-refractivity contribution < 1.29 is 0 Å². The van der Waals surface area contributed by atoms with Crippen LogP contribution in [-0.2, 0) is 6.42 Å². The maximum Gasteiger partial charge on any atom is 0.134 e. The Bertz CT molecular complexity index is 891. The summed E-state index contributed by atoms with van der Waals surface area (Å²) in [6, 6.07) is 10.5. The van der Waals surface area contributed by atoms with Crippen molar-refractivity contribution in [2.24, 2.45) is 0 Å². The molecule has 2 aliphatic carbocycles. The molecule has 0 aliphatic heterocycles. The summed E-state index contributed by atoms with van der Waals surface area (Å²) in [6.07, 6.45) is 3.91. The molecule has 1 aromatic rings. The van der Waals surface area contributed by atoms with Crippen LogP contribution in [0.4, 0.5) is 0 Å². The summed E-state index contributed by atoms with van der Waals surface area (Å²) in [5.74, 6) is 0. The first kappa shape index (κ1) is 30.7. The fraction of sp³-hybridized carbons (Fsp3) is 0.556. The highest BCUT2D eigenvalue weighted by molar-refractivity contribution is 9.34. The van der Waals surface area contributed by atoms with Crippen LogP contribution in [0.15, 0.2) is 42.0 Å². The van der Waals surface area contributed by atoms with Gasteiger partial charge in [0.25, 0.3) is 0 Å². The van der Waals surface area contributed by atoms with E-state index in [9.17, 15) is 0 Å². The van der Waals surface area contributed by atoms with Gasteiger partial charge in [-0.25, -0.2) is 0 Å². The molecule has 174 valence electrons. The van der Waals surface area contributed by atoms with E-state index >= 15 is 0 Å². The molecule has 0 radical (unpaired) electrons. The van der Waals surface area contributed by atoms with E-state index < -0.39 is 24.8 Å². The lowest BCUT2D eigenvalue weighted by Crippen LogP contribution is -2.79. The molecule has 1 fully saturated rings. The molecule has 3 rings (SSSR count). The number of rotatable bonds is 3. The summed E-state index contributed by atoms with van der Waals surface area (Å²) < 4.78 is -4.78. The Morgan fingerprint density at radius 2 is 1.16 bits per heavy atom. The average Bonchev–Trinajstić information content (AvgIpc) is 2.67. The minimum Gasteiger partial charge on any atom is -0.0820 e. The van der Waals surface area contributed by atoms with Gasteiger partial charge in [-0.3, -0.25) is 0 Å². The van der Waals surface area contributed by atoms with Crippen molar-refractivity contribution in [3.63, 3.8) is 0 Å². The molecule has 31 heavy (non-hydrogen) atoms. The van der Waals surface area contributed by atoms with Gasteiger partial charge in [0, 0.05) is 0 Å². The van der Waals surface area contributed by atoms with E-state index in [0.29, 0.717) is 0 Å². The molecule has 3 unspecified atom stereocenters. The van der Waals surface area contributed by atoms with Gasteiger partial charge in [0.1, 0.15) is 20.5 Å². The summed E-state index contributed by atoms with van der Waals surface area (Å²) >= 11 is 52.2. The zero-order valence-electron chi connectivity index (χ0n) is 14.9. The Morgan fingerprint density at radius 1 is 0.645 bits per heavy atom. The third kappa shape index (κ3) is 4.28. The van der Waals surface area contributed by atoms with Crippen LogP contribution in [0.5, 0.6) is 0 Å². The van der Waals surface area contributed by atoms with Gasteiger partial charge in [-0.05, 0) is 24.0 Å². The smallest absolute Gasteiger partial charge is 0.0820 e. The second-order valence-electron chi connectivity index (χ2n) is 7.35. The van der Waals surface area contributed by atoms with E-state index in [-0.39, 0.29) is 4.83 Å². The second-order valence-corrected chi connectivity index (χ2v) is 28.2. The quantitative estimate of drug-likeness (QED) is 0.209. The van der Waals surface area contributed by atoms with Crippen molar-refractivity contribution in [2.45, 2.75) is 42.5 Å². The van der Waals surface area contributed by atoms with E-state index in [1.807, 2.05) is 6.07 Å². The van der Waals surface area contributed by atoms with Gasteiger partial charge in [-0.2, -0.15) is 0 Å². The predicted octanol–water partition coefficient (Wildman–Crippen LogP) is 12.0. The molecule has 0 heterocycles. The van der Waals surface area contributed by atoms with Crippen LogP contribution < -0.4 is 0 Å². The second kappa shape index (κ2) is 9.99. The van der Waals surface area contributed by atoms with Crippen LogP contribution in [0.2, 0.25) is 0 Å². The molecule has 0 aromatic heterocycles. The summed E-state index contributed by atoms with van der Waals surface area (Å²) in [5.41, 5.74) is 2.39. The number of hydrogen-bond donors (Lipinski definition) is 0. The summed E-state index contributed by atoms with van der Waals surface area (Å²) in [4.78, 5) is -0.0576. The van der Waals surface area contributed by atoms with Gasteiger partial charge in [-0.15, -0.1) is 0 Å². The molecule has 0 N–H and O–H groups in total.